The van der Waals surface area contributed by atoms with E-state index in [1.165, 1.54) is 5.56 Å². The van der Waals surface area contributed by atoms with E-state index in [-0.39, 0.29) is 0 Å². The molecule has 2 aromatic rings. The fraction of sp³-hybridized carbons (Fsp3) is 0.286. The molecule has 1 aliphatic rings. The summed E-state index contributed by atoms with van der Waals surface area (Å²) in [5.74, 6) is 1.58. The number of methoxy groups -OCH3 is 1. The fourth-order valence-electron chi connectivity index (χ4n) is 2.16. The van der Waals surface area contributed by atoms with Gasteiger partial charge in [-0.05, 0) is 23.8 Å². The Balaban J connectivity index is 1.82. The summed E-state index contributed by atoms with van der Waals surface area (Å²) < 4.78 is 5.20. The molecule has 0 atom stereocenters. The van der Waals surface area contributed by atoms with E-state index in [0.29, 0.717) is 0 Å². The van der Waals surface area contributed by atoms with E-state index in [2.05, 4.69) is 20.8 Å². The lowest BCUT2D eigenvalue weighted by molar-refractivity contribution is 0.415. The quantitative estimate of drug-likeness (QED) is 0.878. The average molecular weight is 256 g/mol. The lowest BCUT2D eigenvalue weighted by Gasteiger charge is -2.16. The van der Waals surface area contributed by atoms with Gasteiger partial charge in [-0.3, -0.25) is 0 Å². The van der Waals surface area contributed by atoms with E-state index < -0.39 is 0 Å². The SMILES string of the molecule is COc1cccc(Nc2cc3c(nn2)CCNC3)c1. The molecule has 1 aromatic heterocycles. The number of anilines is 2. The van der Waals surface area contributed by atoms with Crippen LogP contribution in [0.2, 0.25) is 0 Å². The highest BCUT2D eigenvalue weighted by molar-refractivity contribution is 5.58. The molecular formula is C14H16N4O. The van der Waals surface area contributed by atoms with Crippen molar-refractivity contribution in [1.29, 1.82) is 0 Å². The summed E-state index contributed by atoms with van der Waals surface area (Å²) in [7, 11) is 1.66. The Morgan fingerprint density at radius 3 is 3.11 bits per heavy atom. The van der Waals surface area contributed by atoms with E-state index in [1.54, 1.807) is 7.11 Å². The fourth-order valence-corrected chi connectivity index (χ4v) is 2.16. The van der Waals surface area contributed by atoms with Crippen LogP contribution in [-0.2, 0) is 13.0 Å². The van der Waals surface area contributed by atoms with Gasteiger partial charge in [0.25, 0.3) is 0 Å². The van der Waals surface area contributed by atoms with Gasteiger partial charge in [-0.15, -0.1) is 5.10 Å². The zero-order valence-electron chi connectivity index (χ0n) is 10.8. The Morgan fingerprint density at radius 1 is 1.26 bits per heavy atom. The first kappa shape index (κ1) is 11.9. The third-order valence-electron chi connectivity index (χ3n) is 3.16. The van der Waals surface area contributed by atoms with E-state index in [0.717, 1.165) is 42.5 Å². The molecule has 0 spiro atoms. The average Bonchev–Trinajstić information content (AvgIpc) is 2.47. The van der Waals surface area contributed by atoms with Crippen LogP contribution in [0.15, 0.2) is 30.3 Å². The predicted molar refractivity (Wildman–Crippen MR) is 73.7 cm³/mol. The van der Waals surface area contributed by atoms with Gasteiger partial charge in [-0.25, -0.2) is 0 Å². The number of fused-ring (bicyclic) bond motifs is 1. The van der Waals surface area contributed by atoms with Crippen LogP contribution >= 0.6 is 0 Å². The molecule has 19 heavy (non-hydrogen) atoms. The normalized spacial score (nSPS) is 13.7. The number of hydrogen-bond donors (Lipinski definition) is 2. The zero-order chi connectivity index (χ0) is 13.1. The second-order valence-corrected chi connectivity index (χ2v) is 4.49. The number of nitrogens with zero attached hydrogens (tertiary/aromatic N) is 2. The highest BCUT2D eigenvalue weighted by Crippen LogP contribution is 2.21. The van der Waals surface area contributed by atoms with Crippen LogP contribution < -0.4 is 15.4 Å². The third kappa shape index (κ3) is 2.66. The van der Waals surface area contributed by atoms with Crippen molar-refractivity contribution in [2.75, 3.05) is 19.0 Å². The molecule has 2 heterocycles. The van der Waals surface area contributed by atoms with Crippen LogP contribution in [0.4, 0.5) is 11.5 Å². The van der Waals surface area contributed by atoms with Gasteiger partial charge in [0.15, 0.2) is 5.82 Å². The van der Waals surface area contributed by atoms with Gasteiger partial charge >= 0.3 is 0 Å². The molecule has 98 valence electrons. The summed E-state index contributed by atoms with van der Waals surface area (Å²) in [5, 5.41) is 15.1. The van der Waals surface area contributed by atoms with E-state index >= 15 is 0 Å². The Labute approximate surface area is 112 Å². The van der Waals surface area contributed by atoms with Crippen LogP contribution in [0.25, 0.3) is 0 Å². The van der Waals surface area contributed by atoms with Crippen molar-refractivity contribution >= 4 is 11.5 Å². The van der Waals surface area contributed by atoms with Crippen LogP contribution in [0.5, 0.6) is 5.75 Å². The van der Waals surface area contributed by atoms with Crippen LogP contribution in [0.3, 0.4) is 0 Å². The molecule has 0 aliphatic carbocycles. The molecule has 5 heteroatoms. The lowest BCUT2D eigenvalue weighted by Crippen LogP contribution is -2.25. The first-order chi connectivity index (χ1) is 9.35. The monoisotopic (exact) mass is 256 g/mol. The van der Waals surface area contributed by atoms with Gasteiger partial charge in [0.05, 0.1) is 12.8 Å². The van der Waals surface area contributed by atoms with Crippen molar-refractivity contribution in [3.05, 3.63) is 41.6 Å². The maximum Gasteiger partial charge on any atom is 0.153 e. The molecule has 5 nitrogen and oxygen atoms in total. The lowest BCUT2D eigenvalue weighted by atomic mass is 10.1. The maximum atomic E-state index is 5.20. The van der Waals surface area contributed by atoms with Crippen LogP contribution in [0.1, 0.15) is 11.3 Å². The van der Waals surface area contributed by atoms with E-state index in [9.17, 15) is 0 Å². The molecule has 1 aliphatic heterocycles. The van der Waals surface area contributed by atoms with Gasteiger partial charge in [-0.2, -0.15) is 5.10 Å². The first-order valence-electron chi connectivity index (χ1n) is 6.32. The highest BCUT2D eigenvalue weighted by atomic mass is 16.5. The summed E-state index contributed by atoms with van der Waals surface area (Å²) >= 11 is 0. The molecular weight excluding hydrogens is 240 g/mol. The van der Waals surface area contributed by atoms with Gasteiger partial charge in [-0.1, -0.05) is 6.07 Å². The van der Waals surface area contributed by atoms with Crippen molar-refractivity contribution in [2.24, 2.45) is 0 Å². The number of hydrogen-bond acceptors (Lipinski definition) is 5. The number of benzene rings is 1. The van der Waals surface area contributed by atoms with Crippen LogP contribution in [-0.4, -0.2) is 23.9 Å². The van der Waals surface area contributed by atoms with Crippen molar-refractivity contribution in [3.63, 3.8) is 0 Å². The molecule has 0 saturated carbocycles. The molecule has 3 rings (SSSR count). The number of nitrogens with one attached hydrogen (secondary N) is 2. The van der Waals surface area contributed by atoms with Gasteiger partial charge in [0.1, 0.15) is 5.75 Å². The second-order valence-electron chi connectivity index (χ2n) is 4.49. The van der Waals surface area contributed by atoms with Gasteiger partial charge in [0, 0.05) is 31.3 Å². The standard InChI is InChI=1S/C14H16N4O/c1-19-12-4-2-3-11(8-12)16-14-7-10-9-15-6-5-13(10)17-18-14/h2-4,7-8,15H,5-6,9H2,1H3,(H,16,18). The van der Waals surface area contributed by atoms with Crippen molar-refractivity contribution in [1.82, 2.24) is 15.5 Å². The van der Waals surface area contributed by atoms with E-state index in [1.807, 2.05) is 30.3 Å². The molecule has 0 fully saturated rings. The van der Waals surface area contributed by atoms with E-state index in [4.69, 9.17) is 4.74 Å². The predicted octanol–water partition coefficient (Wildman–Crippen LogP) is 1.87. The van der Waals surface area contributed by atoms with Gasteiger partial charge in [0.2, 0.25) is 0 Å². The maximum absolute atomic E-state index is 5.20. The molecule has 0 unspecified atom stereocenters. The van der Waals surface area contributed by atoms with Crippen LogP contribution in [0, 0.1) is 0 Å². The van der Waals surface area contributed by atoms with Gasteiger partial charge < -0.3 is 15.4 Å². The second kappa shape index (κ2) is 5.24. The minimum absolute atomic E-state index is 0.760. The summed E-state index contributed by atoms with van der Waals surface area (Å²) in [5.41, 5.74) is 3.25. The largest absolute Gasteiger partial charge is 0.497 e. The minimum Gasteiger partial charge on any atom is -0.497 e. The number of ether oxygens (including phenoxy) is 1. The number of aromatic nitrogens is 2. The third-order valence-corrected chi connectivity index (χ3v) is 3.16. The Hall–Kier alpha value is -2.14. The minimum atomic E-state index is 0.760. The summed E-state index contributed by atoms with van der Waals surface area (Å²) in [4.78, 5) is 0. The first-order valence-corrected chi connectivity index (χ1v) is 6.32. The van der Waals surface area contributed by atoms with Crippen molar-refractivity contribution in [2.45, 2.75) is 13.0 Å². The summed E-state index contributed by atoms with van der Waals surface area (Å²) in [6.07, 6.45) is 0.946. The summed E-state index contributed by atoms with van der Waals surface area (Å²) in [6, 6.07) is 9.80. The molecule has 0 amide bonds. The molecule has 0 bridgehead atoms. The Morgan fingerprint density at radius 2 is 2.21 bits per heavy atom. The Kier molecular flexibility index (Phi) is 3.29. The topological polar surface area (TPSA) is 59.1 Å². The smallest absolute Gasteiger partial charge is 0.153 e. The van der Waals surface area contributed by atoms with Crippen molar-refractivity contribution < 1.29 is 4.74 Å². The summed E-state index contributed by atoms with van der Waals surface area (Å²) in [6.45, 7) is 1.84. The zero-order valence-corrected chi connectivity index (χ0v) is 10.8. The van der Waals surface area contributed by atoms with Crippen molar-refractivity contribution in [3.8, 4) is 5.75 Å². The number of rotatable bonds is 3. The molecule has 0 radical (unpaired) electrons. The molecule has 1 aromatic carbocycles. The molecule has 2 N–H and O–H groups in total. The Bertz CT molecular complexity index is 585. The molecule has 0 saturated heterocycles. The highest BCUT2D eigenvalue weighted by Gasteiger charge is 2.11.